The van der Waals surface area contributed by atoms with Crippen LogP contribution >= 0.6 is 0 Å². The molecule has 102 valence electrons. The Balaban J connectivity index is 2.57. The van der Waals surface area contributed by atoms with Gasteiger partial charge < -0.3 is 15.2 Å². The number of methoxy groups -OCH3 is 1. The number of carboxylic acid groups (broad SMARTS) is 1. The summed E-state index contributed by atoms with van der Waals surface area (Å²) in [4.78, 5) is 37.4. The molecule has 0 aromatic carbocycles. The molecule has 0 bridgehead atoms. The Morgan fingerprint density at radius 2 is 2.21 bits per heavy atom. The van der Waals surface area contributed by atoms with Gasteiger partial charge in [-0.25, -0.2) is 4.79 Å². The van der Waals surface area contributed by atoms with Crippen LogP contribution in [0.2, 0.25) is 0 Å². The minimum absolute atomic E-state index is 0.00120. The summed E-state index contributed by atoms with van der Waals surface area (Å²) < 4.78 is 4.37. The number of rotatable bonds is 6. The van der Waals surface area contributed by atoms with Gasteiger partial charge in [-0.3, -0.25) is 14.6 Å². The second-order valence-corrected chi connectivity index (χ2v) is 3.78. The summed E-state index contributed by atoms with van der Waals surface area (Å²) in [6, 6.07) is 2.07. The fourth-order valence-electron chi connectivity index (χ4n) is 1.38. The first-order chi connectivity index (χ1) is 9.02. The van der Waals surface area contributed by atoms with Crippen molar-refractivity contribution in [1.82, 2.24) is 10.3 Å². The molecule has 0 unspecified atom stereocenters. The van der Waals surface area contributed by atoms with Crippen molar-refractivity contribution in [2.45, 2.75) is 18.9 Å². The molecule has 0 aliphatic carbocycles. The molecule has 0 saturated carbocycles. The SMILES string of the molecule is COC(=O)C[C@H](NC(=O)Cc1cccnc1)C(=O)O. The van der Waals surface area contributed by atoms with E-state index >= 15 is 0 Å². The minimum atomic E-state index is -1.29. The maximum absolute atomic E-state index is 11.6. The van der Waals surface area contributed by atoms with Crippen molar-refractivity contribution >= 4 is 17.8 Å². The van der Waals surface area contributed by atoms with E-state index in [0.29, 0.717) is 5.56 Å². The van der Waals surface area contributed by atoms with Crippen LogP contribution < -0.4 is 5.32 Å². The van der Waals surface area contributed by atoms with Gasteiger partial charge in [0.2, 0.25) is 5.91 Å². The van der Waals surface area contributed by atoms with Crippen molar-refractivity contribution in [3.63, 3.8) is 0 Å². The Morgan fingerprint density at radius 3 is 2.74 bits per heavy atom. The van der Waals surface area contributed by atoms with E-state index in [1.54, 1.807) is 18.3 Å². The van der Waals surface area contributed by atoms with Crippen molar-refractivity contribution < 1.29 is 24.2 Å². The summed E-state index contributed by atoms with van der Waals surface area (Å²) in [6.45, 7) is 0. The van der Waals surface area contributed by atoms with Crippen LogP contribution in [0.4, 0.5) is 0 Å². The molecular formula is C12H14N2O5. The van der Waals surface area contributed by atoms with E-state index in [0.717, 1.165) is 7.11 Å². The molecule has 7 heteroatoms. The van der Waals surface area contributed by atoms with Crippen LogP contribution in [0.1, 0.15) is 12.0 Å². The molecule has 19 heavy (non-hydrogen) atoms. The van der Waals surface area contributed by atoms with E-state index in [4.69, 9.17) is 5.11 Å². The number of aromatic nitrogens is 1. The molecule has 0 aliphatic rings. The van der Waals surface area contributed by atoms with Gasteiger partial charge in [-0.05, 0) is 11.6 Å². The summed E-state index contributed by atoms with van der Waals surface area (Å²) in [7, 11) is 1.15. The number of hydrogen-bond acceptors (Lipinski definition) is 5. The first kappa shape index (κ1) is 14.6. The zero-order chi connectivity index (χ0) is 14.3. The van der Waals surface area contributed by atoms with Crippen LogP contribution in [0.15, 0.2) is 24.5 Å². The molecule has 1 heterocycles. The van der Waals surface area contributed by atoms with Gasteiger partial charge in [0.15, 0.2) is 0 Å². The number of esters is 1. The van der Waals surface area contributed by atoms with Gasteiger partial charge in [0.25, 0.3) is 0 Å². The lowest BCUT2D eigenvalue weighted by atomic mass is 10.1. The predicted molar refractivity (Wildman–Crippen MR) is 64.1 cm³/mol. The number of ether oxygens (including phenoxy) is 1. The highest BCUT2D eigenvalue weighted by Crippen LogP contribution is 2.00. The third-order valence-electron chi connectivity index (χ3n) is 2.32. The van der Waals surface area contributed by atoms with Crippen molar-refractivity contribution in [3.05, 3.63) is 30.1 Å². The van der Waals surface area contributed by atoms with Crippen molar-refractivity contribution in [2.24, 2.45) is 0 Å². The lowest BCUT2D eigenvalue weighted by molar-refractivity contribution is -0.148. The average molecular weight is 266 g/mol. The predicted octanol–water partition coefficient (Wildman–Crippen LogP) is -0.243. The van der Waals surface area contributed by atoms with Crippen molar-refractivity contribution in [1.29, 1.82) is 0 Å². The van der Waals surface area contributed by atoms with Gasteiger partial charge in [-0.15, -0.1) is 0 Å². The average Bonchev–Trinajstić information content (AvgIpc) is 2.38. The highest BCUT2D eigenvalue weighted by atomic mass is 16.5. The summed E-state index contributed by atoms with van der Waals surface area (Å²) in [5, 5.41) is 11.2. The van der Waals surface area contributed by atoms with Gasteiger partial charge in [-0.1, -0.05) is 6.07 Å². The monoisotopic (exact) mass is 266 g/mol. The molecule has 0 spiro atoms. The number of hydrogen-bond donors (Lipinski definition) is 2. The smallest absolute Gasteiger partial charge is 0.326 e. The molecule has 1 rings (SSSR count). The molecule has 1 aromatic rings. The Bertz CT molecular complexity index is 460. The topological polar surface area (TPSA) is 106 Å². The Morgan fingerprint density at radius 1 is 1.47 bits per heavy atom. The first-order valence-corrected chi connectivity index (χ1v) is 5.51. The molecule has 0 radical (unpaired) electrons. The zero-order valence-electron chi connectivity index (χ0n) is 10.3. The van der Waals surface area contributed by atoms with Gasteiger partial charge in [-0.2, -0.15) is 0 Å². The minimum Gasteiger partial charge on any atom is -0.480 e. The third kappa shape index (κ3) is 5.15. The summed E-state index contributed by atoms with van der Waals surface area (Å²) in [5.74, 6) is -2.48. The highest BCUT2D eigenvalue weighted by Gasteiger charge is 2.23. The van der Waals surface area contributed by atoms with E-state index in [-0.39, 0.29) is 6.42 Å². The van der Waals surface area contributed by atoms with E-state index in [9.17, 15) is 14.4 Å². The molecule has 1 amide bonds. The number of carbonyl (C=O) groups is 3. The Labute approximate surface area is 109 Å². The Hall–Kier alpha value is -2.44. The fraction of sp³-hybridized carbons (Fsp3) is 0.333. The lowest BCUT2D eigenvalue weighted by Crippen LogP contribution is -2.43. The van der Waals surface area contributed by atoms with Gasteiger partial charge >= 0.3 is 11.9 Å². The molecule has 0 aliphatic heterocycles. The maximum Gasteiger partial charge on any atom is 0.326 e. The van der Waals surface area contributed by atoms with E-state index in [2.05, 4.69) is 15.0 Å². The number of nitrogens with zero attached hydrogens (tertiary/aromatic N) is 1. The second-order valence-electron chi connectivity index (χ2n) is 3.78. The molecule has 1 aromatic heterocycles. The lowest BCUT2D eigenvalue weighted by Gasteiger charge is -2.13. The first-order valence-electron chi connectivity index (χ1n) is 5.51. The number of pyridine rings is 1. The van der Waals surface area contributed by atoms with Crippen LogP contribution in [0, 0.1) is 0 Å². The van der Waals surface area contributed by atoms with E-state index < -0.39 is 30.3 Å². The number of amides is 1. The van der Waals surface area contributed by atoms with Crippen LogP contribution in [-0.4, -0.2) is 41.1 Å². The third-order valence-corrected chi connectivity index (χ3v) is 2.32. The molecule has 2 N–H and O–H groups in total. The summed E-state index contributed by atoms with van der Waals surface area (Å²) in [6.07, 6.45) is 2.66. The fourth-order valence-corrected chi connectivity index (χ4v) is 1.38. The summed E-state index contributed by atoms with van der Waals surface area (Å²) in [5.41, 5.74) is 0.655. The zero-order valence-corrected chi connectivity index (χ0v) is 10.3. The number of nitrogens with one attached hydrogen (secondary N) is 1. The molecule has 7 nitrogen and oxygen atoms in total. The molecule has 0 fully saturated rings. The van der Waals surface area contributed by atoms with Gasteiger partial charge in [0, 0.05) is 12.4 Å². The molecule has 1 atom stereocenters. The number of carbonyl (C=O) groups excluding carboxylic acids is 2. The maximum atomic E-state index is 11.6. The van der Waals surface area contributed by atoms with Crippen LogP contribution in [0.3, 0.4) is 0 Å². The largest absolute Gasteiger partial charge is 0.480 e. The number of aliphatic carboxylic acids is 1. The van der Waals surface area contributed by atoms with Gasteiger partial charge in [0.05, 0.1) is 20.0 Å². The van der Waals surface area contributed by atoms with Crippen molar-refractivity contribution in [3.8, 4) is 0 Å². The highest BCUT2D eigenvalue weighted by molar-refractivity contribution is 5.87. The van der Waals surface area contributed by atoms with Gasteiger partial charge in [0.1, 0.15) is 6.04 Å². The standard InChI is InChI=1S/C12H14N2O5/c1-19-11(16)6-9(12(17)18)14-10(15)5-8-3-2-4-13-7-8/h2-4,7,9H,5-6H2,1H3,(H,14,15)(H,17,18)/t9-/m0/s1. The van der Waals surface area contributed by atoms with E-state index in [1.807, 2.05) is 0 Å². The molecule has 0 saturated heterocycles. The molecular weight excluding hydrogens is 252 g/mol. The van der Waals surface area contributed by atoms with Crippen molar-refractivity contribution in [2.75, 3.05) is 7.11 Å². The quantitative estimate of drug-likeness (QED) is 0.688. The Kier molecular flexibility index (Phi) is 5.46. The van der Waals surface area contributed by atoms with Crippen LogP contribution in [0.25, 0.3) is 0 Å². The van der Waals surface area contributed by atoms with E-state index in [1.165, 1.54) is 6.20 Å². The normalized spacial score (nSPS) is 11.4. The second kappa shape index (κ2) is 7.10. The summed E-state index contributed by atoms with van der Waals surface area (Å²) >= 11 is 0. The number of carboxylic acids is 1. The van der Waals surface area contributed by atoms with Crippen LogP contribution in [0.5, 0.6) is 0 Å². The van der Waals surface area contributed by atoms with Crippen LogP contribution in [-0.2, 0) is 25.5 Å².